The van der Waals surface area contributed by atoms with E-state index in [1.807, 2.05) is 0 Å². The molecule has 0 aliphatic heterocycles. The second-order valence-corrected chi connectivity index (χ2v) is 5.11. The number of aromatic nitrogens is 2. The Hall–Kier alpha value is -2.26. The predicted molar refractivity (Wildman–Crippen MR) is 80.2 cm³/mol. The Kier molecular flexibility index (Phi) is 4.34. The Morgan fingerprint density at radius 3 is 2.71 bits per heavy atom. The van der Waals surface area contributed by atoms with Gasteiger partial charge >= 0.3 is 0 Å². The Balaban J connectivity index is 2.40. The highest BCUT2D eigenvalue weighted by Gasteiger charge is 2.16. The summed E-state index contributed by atoms with van der Waals surface area (Å²) in [5, 5.41) is 10.9. The van der Waals surface area contributed by atoms with E-state index in [9.17, 15) is 10.1 Å². The molecule has 0 unspecified atom stereocenters. The molecular weight excluding hydrogens is 342 g/mol. The van der Waals surface area contributed by atoms with Crippen LogP contribution in [0.25, 0.3) is 0 Å². The SMILES string of the molecule is Cc1cc([N+](=O)[O-])c(C)cc1Oc1nc(NN)ncc1Br. The van der Waals surface area contributed by atoms with Gasteiger partial charge in [0.05, 0.1) is 15.6 Å². The first-order chi connectivity index (χ1) is 9.92. The average Bonchev–Trinajstić information content (AvgIpc) is 2.44. The van der Waals surface area contributed by atoms with Crippen molar-refractivity contribution in [3.8, 4) is 11.6 Å². The topological polar surface area (TPSA) is 116 Å². The highest BCUT2D eigenvalue weighted by Crippen LogP contribution is 2.33. The van der Waals surface area contributed by atoms with Crippen molar-refractivity contribution in [3.05, 3.63) is 44.0 Å². The van der Waals surface area contributed by atoms with E-state index < -0.39 is 4.92 Å². The van der Waals surface area contributed by atoms with Crippen molar-refractivity contribution < 1.29 is 9.66 Å². The number of halogens is 1. The first kappa shape index (κ1) is 15.1. The fraction of sp³-hybridized carbons (Fsp3) is 0.167. The lowest BCUT2D eigenvalue weighted by Gasteiger charge is -2.11. The van der Waals surface area contributed by atoms with Gasteiger partial charge in [0, 0.05) is 11.6 Å². The number of anilines is 1. The molecule has 110 valence electrons. The number of ether oxygens (including phenoxy) is 1. The number of hydrogen-bond donors (Lipinski definition) is 2. The molecule has 21 heavy (non-hydrogen) atoms. The van der Waals surface area contributed by atoms with Crippen LogP contribution in [0.2, 0.25) is 0 Å². The molecule has 9 heteroatoms. The highest BCUT2D eigenvalue weighted by atomic mass is 79.9. The Morgan fingerprint density at radius 1 is 1.38 bits per heavy atom. The van der Waals surface area contributed by atoms with Crippen molar-refractivity contribution in [2.75, 3.05) is 5.43 Å². The maximum Gasteiger partial charge on any atom is 0.272 e. The minimum absolute atomic E-state index is 0.0471. The summed E-state index contributed by atoms with van der Waals surface area (Å²) in [5.74, 6) is 6.18. The molecule has 0 radical (unpaired) electrons. The number of hydrazine groups is 1. The summed E-state index contributed by atoms with van der Waals surface area (Å²) in [5.41, 5.74) is 3.49. The lowest BCUT2D eigenvalue weighted by Crippen LogP contribution is -2.10. The Bertz CT molecular complexity index is 708. The van der Waals surface area contributed by atoms with Gasteiger partial charge in [-0.25, -0.2) is 10.8 Å². The number of nitro groups is 1. The molecule has 8 nitrogen and oxygen atoms in total. The number of hydrogen-bond acceptors (Lipinski definition) is 7. The van der Waals surface area contributed by atoms with E-state index in [1.165, 1.54) is 12.3 Å². The minimum Gasteiger partial charge on any atom is -0.437 e. The zero-order chi connectivity index (χ0) is 15.6. The molecule has 0 aliphatic rings. The molecule has 1 heterocycles. The van der Waals surface area contributed by atoms with Crippen molar-refractivity contribution in [3.63, 3.8) is 0 Å². The van der Waals surface area contributed by atoms with Crippen LogP contribution in [0.5, 0.6) is 11.6 Å². The summed E-state index contributed by atoms with van der Waals surface area (Å²) in [7, 11) is 0. The molecule has 0 bridgehead atoms. The lowest BCUT2D eigenvalue weighted by molar-refractivity contribution is -0.385. The van der Waals surface area contributed by atoms with Crippen LogP contribution in [0, 0.1) is 24.0 Å². The van der Waals surface area contributed by atoms with Gasteiger partial charge < -0.3 is 4.74 Å². The molecule has 0 amide bonds. The molecule has 0 saturated heterocycles. The minimum atomic E-state index is -0.427. The molecule has 0 fully saturated rings. The molecule has 3 N–H and O–H groups in total. The monoisotopic (exact) mass is 353 g/mol. The largest absolute Gasteiger partial charge is 0.437 e. The Morgan fingerprint density at radius 2 is 2.10 bits per heavy atom. The second-order valence-electron chi connectivity index (χ2n) is 4.25. The summed E-state index contributed by atoms with van der Waals surface area (Å²) in [6, 6.07) is 3.05. The van der Waals surface area contributed by atoms with E-state index >= 15 is 0 Å². The summed E-state index contributed by atoms with van der Waals surface area (Å²) < 4.78 is 6.22. The zero-order valence-electron chi connectivity index (χ0n) is 11.3. The van der Waals surface area contributed by atoms with Crippen LogP contribution in [0.4, 0.5) is 11.6 Å². The summed E-state index contributed by atoms with van der Waals surface area (Å²) >= 11 is 3.27. The summed E-state index contributed by atoms with van der Waals surface area (Å²) in [6.07, 6.45) is 1.49. The van der Waals surface area contributed by atoms with Gasteiger partial charge in [-0.15, -0.1) is 0 Å². The molecule has 1 aromatic carbocycles. The summed E-state index contributed by atoms with van der Waals surface area (Å²) in [6.45, 7) is 3.37. The highest BCUT2D eigenvalue weighted by molar-refractivity contribution is 9.10. The van der Waals surface area contributed by atoms with Gasteiger partial charge in [0.25, 0.3) is 5.69 Å². The van der Waals surface area contributed by atoms with E-state index in [0.29, 0.717) is 21.3 Å². The molecule has 0 spiro atoms. The maximum absolute atomic E-state index is 10.9. The fourth-order valence-electron chi connectivity index (χ4n) is 1.68. The van der Waals surface area contributed by atoms with Crippen molar-refractivity contribution in [2.24, 2.45) is 5.84 Å². The summed E-state index contributed by atoms with van der Waals surface area (Å²) in [4.78, 5) is 18.4. The van der Waals surface area contributed by atoms with Gasteiger partial charge in [-0.1, -0.05) is 0 Å². The number of nitrogens with zero attached hydrogens (tertiary/aromatic N) is 3. The number of nitrogens with two attached hydrogens (primary N) is 1. The van der Waals surface area contributed by atoms with Crippen LogP contribution in [-0.4, -0.2) is 14.9 Å². The Labute approximate surface area is 128 Å². The number of nitrogens with one attached hydrogen (secondary N) is 1. The third-order valence-electron chi connectivity index (χ3n) is 2.74. The first-order valence-corrected chi connectivity index (χ1v) is 6.64. The van der Waals surface area contributed by atoms with Gasteiger partial charge in [0.1, 0.15) is 5.75 Å². The van der Waals surface area contributed by atoms with Crippen LogP contribution in [0.3, 0.4) is 0 Å². The molecule has 0 saturated carbocycles. The second kappa shape index (κ2) is 6.02. The maximum atomic E-state index is 10.9. The average molecular weight is 354 g/mol. The number of benzene rings is 1. The number of nitrogen functional groups attached to an aromatic ring is 1. The van der Waals surface area contributed by atoms with Gasteiger partial charge in [0.15, 0.2) is 0 Å². The zero-order valence-corrected chi connectivity index (χ0v) is 12.8. The molecule has 0 atom stereocenters. The van der Waals surface area contributed by atoms with Crippen LogP contribution >= 0.6 is 15.9 Å². The number of rotatable bonds is 4. The van der Waals surface area contributed by atoms with E-state index in [2.05, 4.69) is 31.3 Å². The van der Waals surface area contributed by atoms with E-state index in [4.69, 9.17) is 10.6 Å². The van der Waals surface area contributed by atoms with Gasteiger partial charge in [-0.2, -0.15) is 4.98 Å². The van der Waals surface area contributed by atoms with Crippen molar-refractivity contribution in [1.82, 2.24) is 9.97 Å². The molecule has 1 aromatic heterocycles. The smallest absolute Gasteiger partial charge is 0.272 e. The van der Waals surface area contributed by atoms with E-state index in [1.54, 1.807) is 19.9 Å². The third-order valence-corrected chi connectivity index (χ3v) is 3.28. The van der Waals surface area contributed by atoms with Crippen molar-refractivity contribution in [1.29, 1.82) is 0 Å². The number of nitro benzene ring substituents is 1. The molecular formula is C12H12BrN5O3. The molecule has 2 aromatic rings. The lowest BCUT2D eigenvalue weighted by atomic mass is 10.1. The van der Waals surface area contributed by atoms with E-state index in [-0.39, 0.29) is 17.5 Å². The first-order valence-electron chi connectivity index (χ1n) is 5.85. The van der Waals surface area contributed by atoms with Gasteiger partial charge in [-0.05, 0) is 41.4 Å². The van der Waals surface area contributed by atoms with Crippen molar-refractivity contribution >= 4 is 27.6 Å². The number of aryl methyl sites for hydroxylation is 2. The third kappa shape index (κ3) is 3.26. The van der Waals surface area contributed by atoms with Crippen LogP contribution in [-0.2, 0) is 0 Å². The van der Waals surface area contributed by atoms with Gasteiger partial charge in [0.2, 0.25) is 11.8 Å². The normalized spacial score (nSPS) is 10.3. The van der Waals surface area contributed by atoms with Crippen LogP contribution < -0.4 is 16.0 Å². The van der Waals surface area contributed by atoms with Crippen LogP contribution in [0.15, 0.2) is 22.8 Å². The quantitative estimate of drug-likeness (QED) is 0.493. The molecule has 2 rings (SSSR count). The fourth-order valence-corrected chi connectivity index (χ4v) is 1.95. The van der Waals surface area contributed by atoms with E-state index in [0.717, 1.165) is 0 Å². The van der Waals surface area contributed by atoms with Crippen LogP contribution in [0.1, 0.15) is 11.1 Å². The predicted octanol–water partition coefficient (Wildman–Crippen LogP) is 2.84. The molecule has 0 aliphatic carbocycles. The van der Waals surface area contributed by atoms with Crippen molar-refractivity contribution in [2.45, 2.75) is 13.8 Å². The standard InChI is InChI=1S/C12H12BrN5O3/c1-6-4-10(7(2)3-9(6)18(19)20)21-11-8(13)5-15-12(16-11)17-14/h3-5H,14H2,1-2H3,(H,15,16,17). The van der Waals surface area contributed by atoms with Gasteiger partial charge in [-0.3, -0.25) is 15.5 Å².